The first kappa shape index (κ1) is 20.0. The molecule has 0 bridgehead atoms. The molecule has 136 valence electrons. The normalized spacial score (nSPS) is 13.5. The van der Waals surface area contributed by atoms with Crippen LogP contribution < -0.4 is 10.4 Å². The first-order valence-electron chi connectivity index (χ1n) is 7.87. The van der Waals surface area contributed by atoms with E-state index >= 15 is 16.4 Å². The van der Waals surface area contributed by atoms with E-state index in [1.807, 2.05) is 0 Å². The third-order valence-electron chi connectivity index (χ3n) is 4.73. The van der Waals surface area contributed by atoms with Crippen molar-refractivity contribution in [3.05, 3.63) is 60.7 Å². The molecule has 0 saturated carbocycles. The van der Waals surface area contributed by atoms with Crippen LogP contribution in [0.15, 0.2) is 60.7 Å². The molecular weight excluding hydrogens is 380 g/mol. The molecule has 2 nitrogen and oxygen atoms in total. The van der Waals surface area contributed by atoms with E-state index in [1.54, 1.807) is 49.5 Å². The number of hydrogen-bond donors (Lipinski definition) is 0. The van der Waals surface area contributed by atoms with E-state index in [1.165, 1.54) is 38.4 Å². The zero-order chi connectivity index (χ0) is 18.9. The Balaban J connectivity index is 2.36. The Bertz CT molecular complexity index is 640. The van der Waals surface area contributed by atoms with E-state index in [-0.39, 0.29) is 10.4 Å². The number of rotatable bonds is 6. The Morgan fingerprint density at radius 2 is 0.880 bits per heavy atom. The average molecular weight is 403 g/mol. The molecule has 0 saturated heterocycles. The van der Waals surface area contributed by atoms with Gasteiger partial charge in [-0.25, -0.2) is 16.4 Å². The van der Waals surface area contributed by atoms with Crippen LogP contribution in [0.5, 0.6) is 0 Å². The predicted octanol–water partition coefficient (Wildman–Crippen LogP) is 3.12. The van der Waals surface area contributed by atoms with Crippen molar-refractivity contribution in [3.63, 3.8) is 0 Å². The van der Waals surface area contributed by atoms with Crippen LogP contribution in [0.4, 0.5) is 16.4 Å². The Hall–Kier alpha value is -1.27. The van der Waals surface area contributed by atoms with E-state index in [0.29, 0.717) is 0 Å². The highest BCUT2D eigenvalue weighted by Gasteiger charge is 2.58. The summed E-state index contributed by atoms with van der Waals surface area (Å²) < 4.78 is 62.1. The third kappa shape index (κ3) is 3.80. The molecule has 0 unspecified atom stereocenters. The van der Waals surface area contributed by atoms with Crippen LogP contribution in [0, 0.1) is 0 Å². The molecule has 2 aromatic carbocycles. The molecule has 0 radical (unpaired) electrons. The Kier molecular flexibility index (Phi) is 5.74. The zero-order valence-corrected chi connectivity index (χ0v) is 17.7. The molecule has 0 heterocycles. The predicted molar refractivity (Wildman–Crippen MR) is 101 cm³/mol. The summed E-state index contributed by atoms with van der Waals surface area (Å²) in [6.45, 7) is 3.11. The lowest BCUT2D eigenvalue weighted by Gasteiger charge is -2.45. The highest BCUT2D eigenvalue weighted by molar-refractivity contribution is 6.96. The summed E-state index contributed by atoms with van der Waals surface area (Å²) in [7, 11) is -10.7. The molecule has 0 aliphatic heterocycles. The maximum absolute atomic E-state index is 15.0. The minimum Gasteiger partial charge on any atom is -0.282 e. The summed E-state index contributed by atoms with van der Waals surface area (Å²) in [5, 5.41) is -0.118. The van der Waals surface area contributed by atoms with Crippen LogP contribution in [0.3, 0.4) is 0 Å². The van der Waals surface area contributed by atoms with Gasteiger partial charge in [0.05, 0.1) is 0 Å². The van der Waals surface area contributed by atoms with Gasteiger partial charge in [-0.3, -0.25) is 8.46 Å². The lowest BCUT2D eigenvalue weighted by atomic mass is 10.4. The van der Waals surface area contributed by atoms with E-state index in [2.05, 4.69) is 0 Å². The lowest BCUT2D eigenvalue weighted by molar-refractivity contribution is 0.448. The maximum Gasteiger partial charge on any atom is 0.534 e. The topological polar surface area (TPSA) is 6.48 Å². The van der Waals surface area contributed by atoms with Gasteiger partial charge < -0.3 is 0 Å². The van der Waals surface area contributed by atoms with Gasteiger partial charge in [0.15, 0.2) is 8.40 Å². The number of hydrogen-bond acceptors (Lipinski definition) is 2. The third-order valence-corrected chi connectivity index (χ3v) is 16.7. The summed E-state index contributed by atoms with van der Waals surface area (Å²) in [5.74, 6) is 0. The second-order valence-corrected chi connectivity index (χ2v) is 16.3. The molecule has 0 amide bonds. The summed E-state index contributed by atoms with van der Waals surface area (Å²) in [5.41, 5.74) is 0. The average Bonchev–Trinajstić information content (AvgIpc) is 2.61. The second-order valence-electron chi connectivity index (χ2n) is 6.43. The molecule has 0 aromatic heterocycles. The van der Waals surface area contributed by atoms with Crippen LogP contribution in [0.1, 0.15) is 0 Å². The highest BCUT2D eigenvalue weighted by atomic mass is 28.5. The molecule has 2 rings (SSSR count). The molecule has 0 N–H and O–H groups in total. The van der Waals surface area contributed by atoms with Gasteiger partial charge in [0.1, 0.15) is 0 Å². The van der Waals surface area contributed by atoms with Crippen molar-refractivity contribution in [2.24, 2.45) is 0 Å². The SMILES string of the molecule is CN([Si](F)(F)c1ccccc1)[Si](C)(C)N(C)[Si](F)(F)c1ccccc1. The van der Waals surface area contributed by atoms with Crippen LogP contribution in [-0.4, -0.2) is 48.8 Å². The van der Waals surface area contributed by atoms with Crippen molar-refractivity contribution < 1.29 is 16.4 Å². The molecular formula is C16H22F4N2Si3. The largest absolute Gasteiger partial charge is 0.534 e. The number of nitrogens with zero attached hydrogens (tertiary/aromatic N) is 2. The minimum absolute atomic E-state index is 0.0591. The van der Waals surface area contributed by atoms with Crippen molar-refractivity contribution in [2.75, 3.05) is 14.1 Å². The van der Waals surface area contributed by atoms with Gasteiger partial charge in [-0.15, -0.1) is 0 Å². The summed E-state index contributed by atoms with van der Waals surface area (Å²) in [4.78, 5) is 0. The van der Waals surface area contributed by atoms with Gasteiger partial charge >= 0.3 is 17.8 Å². The van der Waals surface area contributed by atoms with E-state index in [4.69, 9.17) is 0 Å². The smallest absolute Gasteiger partial charge is 0.282 e. The Morgan fingerprint density at radius 1 is 0.600 bits per heavy atom. The summed E-state index contributed by atoms with van der Waals surface area (Å²) in [6, 6.07) is 15.0. The molecule has 9 heteroatoms. The Labute approximate surface area is 149 Å². The molecule has 0 aliphatic rings. The standard InChI is InChI=1S/C16H22F4N2Si3/c1-21(24(17,18)15-11-7-5-8-12-15)23(3,4)22(2)25(19,20)16-13-9-6-10-14-16/h5-14H,1-4H3. The minimum atomic E-state index is -5.02. The molecule has 0 spiro atoms. The number of benzene rings is 2. The van der Waals surface area contributed by atoms with Crippen molar-refractivity contribution in [1.82, 2.24) is 8.46 Å². The molecule has 0 aliphatic carbocycles. The first-order chi connectivity index (χ1) is 11.5. The lowest BCUT2D eigenvalue weighted by Crippen LogP contribution is -2.75. The molecule has 0 fully saturated rings. The fraction of sp³-hybridized carbons (Fsp3) is 0.250. The molecule has 0 atom stereocenters. The molecule has 2 aromatic rings. The fourth-order valence-corrected chi connectivity index (χ4v) is 12.5. The summed E-state index contributed by atoms with van der Waals surface area (Å²) in [6.07, 6.45) is 0. The van der Waals surface area contributed by atoms with Crippen molar-refractivity contribution >= 4 is 36.6 Å². The quantitative estimate of drug-likeness (QED) is 0.416. The van der Waals surface area contributed by atoms with E-state index in [9.17, 15) is 0 Å². The van der Waals surface area contributed by atoms with Gasteiger partial charge in [-0.1, -0.05) is 60.7 Å². The van der Waals surface area contributed by atoms with Gasteiger partial charge in [-0.05, 0) is 27.2 Å². The second kappa shape index (κ2) is 7.16. The highest BCUT2D eigenvalue weighted by Crippen LogP contribution is 2.27. The fourth-order valence-electron chi connectivity index (χ4n) is 2.58. The molecule has 25 heavy (non-hydrogen) atoms. The number of halogens is 4. The van der Waals surface area contributed by atoms with Crippen LogP contribution in [-0.2, 0) is 0 Å². The van der Waals surface area contributed by atoms with Crippen molar-refractivity contribution in [1.29, 1.82) is 0 Å². The van der Waals surface area contributed by atoms with Crippen LogP contribution in [0.25, 0.3) is 0 Å². The maximum atomic E-state index is 15.0. The van der Waals surface area contributed by atoms with Gasteiger partial charge in [0.25, 0.3) is 0 Å². The first-order valence-corrected chi connectivity index (χ1v) is 14.2. The summed E-state index contributed by atoms with van der Waals surface area (Å²) >= 11 is 0. The Morgan fingerprint density at radius 3 is 1.16 bits per heavy atom. The zero-order valence-electron chi connectivity index (χ0n) is 14.7. The van der Waals surface area contributed by atoms with Crippen LogP contribution >= 0.6 is 0 Å². The van der Waals surface area contributed by atoms with Gasteiger partial charge in [-0.2, -0.15) is 0 Å². The van der Waals surface area contributed by atoms with E-state index in [0.717, 1.165) is 8.46 Å². The van der Waals surface area contributed by atoms with Crippen LogP contribution in [0.2, 0.25) is 13.1 Å². The van der Waals surface area contributed by atoms with Gasteiger partial charge in [0.2, 0.25) is 0 Å². The van der Waals surface area contributed by atoms with Gasteiger partial charge in [0, 0.05) is 10.4 Å². The van der Waals surface area contributed by atoms with E-state index < -0.39 is 26.2 Å². The monoisotopic (exact) mass is 402 g/mol. The van der Waals surface area contributed by atoms with Crippen molar-refractivity contribution in [2.45, 2.75) is 13.1 Å². The van der Waals surface area contributed by atoms with Crippen molar-refractivity contribution in [3.8, 4) is 0 Å².